The van der Waals surface area contributed by atoms with Crippen LogP contribution in [0.2, 0.25) is 0 Å². The van der Waals surface area contributed by atoms with E-state index in [1.54, 1.807) is 6.08 Å². The number of aryl methyl sites for hydroxylation is 1. The molecule has 1 saturated carbocycles. The van der Waals surface area contributed by atoms with Gasteiger partial charge in [0.25, 0.3) is 0 Å². The minimum Gasteiger partial charge on any atom is -0.507 e. The first kappa shape index (κ1) is 12.3. The zero-order valence-electron chi connectivity index (χ0n) is 9.88. The third-order valence-corrected chi connectivity index (χ3v) is 4.22. The Morgan fingerprint density at radius 1 is 1.47 bits per heavy atom. The van der Waals surface area contributed by atoms with E-state index in [4.69, 9.17) is 0 Å². The summed E-state index contributed by atoms with van der Waals surface area (Å²) in [6.45, 7) is 3.72. The highest BCUT2D eigenvalue weighted by Gasteiger charge is 2.42. The van der Waals surface area contributed by atoms with Crippen LogP contribution in [0.25, 0.3) is 0 Å². The molecule has 0 unspecified atom stereocenters. The maximum absolute atomic E-state index is 10.6. The van der Waals surface area contributed by atoms with Gasteiger partial charge in [-0.15, -0.1) is 0 Å². The molecule has 1 aliphatic rings. The highest BCUT2D eigenvalue weighted by Crippen LogP contribution is 2.50. The van der Waals surface area contributed by atoms with Crippen molar-refractivity contribution in [2.45, 2.75) is 38.6 Å². The molecule has 1 aromatic carbocycles. The Kier molecular flexibility index (Phi) is 3.11. The van der Waals surface area contributed by atoms with Crippen molar-refractivity contribution < 1.29 is 9.90 Å². The van der Waals surface area contributed by atoms with E-state index in [0.717, 1.165) is 40.4 Å². The molecule has 0 radical (unpaired) electrons. The maximum Gasteiger partial charge on any atom is 0.235 e. The number of isocyanates is 1. The summed E-state index contributed by atoms with van der Waals surface area (Å²) < 4.78 is 0.906. The number of nitrogens with zero attached hydrogens (tertiary/aromatic N) is 1. The van der Waals surface area contributed by atoms with Crippen LogP contribution in [-0.2, 0) is 10.3 Å². The molecule has 0 bridgehead atoms. The fourth-order valence-electron chi connectivity index (χ4n) is 2.51. The Labute approximate surface area is 109 Å². The molecule has 0 saturated heterocycles. The lowest BCUT2D eigenvalue weighted by Crippen LogP contribution is -2.33. The minimum atomic E-state index is -0.476. The van der Waals surface area contributed by atoms with Gasteiger partial charge in [-0.25, -0.2) is 4.79 Å². The second kappa shape index (κ2) is 4.28. The van der Waals surface area contributed by atoms with Crippen molar-refractivity contribution in [1.82, 2.24) is 0 Å². The second-order valence-electron chi connectivity index (χ2n) is 4.61. The molecule has 0 spiro atoms. The summed E-state index contributed by atoms with van der Waals surface area (Å²) >= 11 is 3.51. The zero-order valence-corrected chi connectivity index (χ0v) is 11.5. The van der Waals surface area contributed by atoms with Crippen molar-refractivity contribution in [2.75, 3.05) is 0 Å². The van der Waals surface area contributed by atoms with Gasteiger partial charge in [-0.2, -0.15) is 4.99 Å². The van der Waals surface area contributed by atoms with E-state index in [1.165, 1.54) is 0 Å². The van der Waals surface area contributed by atoms with Gasteiger partial charge < -0.3 is 5.11 Å². The number of halogens is 1. The Morgan fingerprint density at radius 3 is 2.59 bits per heavy atom. The predicted molar refractivity (Wildman–Crippen MR) is 68.9 cm³/mol. The molecule has 0 heterocycles. The third-order valence-electron chi connectivity index (χ3n) is 3.59. The first-order valence-electron chi connectivity index (χ1n) is 5.60. The van der Waals surface area contributed by atoms with Crippen LogP contribution in [0.15, 0.2) is 15.5 Å². The van der Waals surface area contributed by atoms with Crippen molar-refractivity contribution in [3.63, 3.8) is 0 Å². The minimum absolute atomic E-state index is 0.288. The van der Waals surface area contributed by atoms with E-state index < -0.39 is 5.54 Å². The summed E-state index contributed by atoms with van der Waals surface area (Å²) in [4.78, 5) is 14.6. The number of phenolic OH excluding ortho intramolecular Hbond substituents is 1. The van der Waals surface area contributed by atoms with Gasteiger partial charge in [-0.1, -0.05) is 15.9 Å². The molecule has 90 valence electrons. The molecule has 1 fully saturated rings. The molecule has 17 heavy (non-hydrogen) atoms. The molecule has 3 nitrogen and oxygen atoms in total. The molecule has 1 N–H and O–H groups in total. The van der Waals surface area contributed by atoms with E-state index in [2.05, 4.69) is 20.9 Å². The molecule has 2 rings (SSSR count). The first-order chi connectivity index (χ1) is 8.02. The smallest absolute Gasteiger partial charge is 0.235 e. The topological polar surface area (TPSA) is 49.7 Å². The lowest BCUT2D eigenvalue weighted by atomic mass is 9.70. The van der Waals surface area contributed by atoms with Crippen LogP contribution >= 0.6 is 15.9 Å². The molecule has 0 aliphatic heterocycles. The van der Waals surface area contributed by atoms with Crippen LogP contribution < -0.4 is 0 Å². The summed E-state index contributed by atoms with van der Waals surface area (Å²) in [7, 11) is 0. The highest BCUT2D eigenvalue weighted by atomic mass is 79.9. The lowest BCUT2D eigenvalue weighted by molar-refractivity contribution is 0.252. The Morgan fingerprint density at radius 2 is 2.12 bits per heavy atom. The van der Waals surface area contributed by atoms with Gasteiger partial charge in [0.1, 0.15) is 5.75 Å². The van der Waals surface area contributed by atoms with Crippen molar-refractivity contribution >= 4 is 22.0 Å². The van der Waals surface area contributed by atoms with Gasteiger partial charge >= 0.3 is 0 Å². The molecule has 0 aromatic heterocycles. The maximum atomic E-state index is 10.6. The number of hydrogen-bond acceptors (Lipinski definition) is 3. The van der Waals surface area contributed by atoms with E-state index >= 15 is 0 Å². The predicted octanol–water partition coefficient (Wildman–Crippen LogP) is 3.49. The number of hydrogen-bond donors (Lipinski definition) is 1. The quantitative estimate of drug-likeness (QED) is 0.671. The van der Waals surface area contributed by atoms with Crippen LogP contribution in [0.3, 0.4) is 0 Å². The van der Waals surface area contributed by atoms with Crippen LogP contribution in [0.4, 0.5) is 0 Å². The first-order valence-corrected chi connectivity index (χ1v) is 6.39. The molecule has 4 heteroatoms. The van der Waals surface area contributed by atoms with E-state index in [0.29, 0.717) is 0 Å². The van der Waals surface area contributed by atoms with Crippen molar-refractivity contribution in [1.29, 1.82) is 0 Å². The standard InChI is InChI=1S/C13H14BrNO2/c1-8-6-10(14)11(9(2)12(8)17)13(15-7-16)4-3-5-13/h6,17H,3-5H2,1-2H3. The summed E-state index contributed by atoms with van der Waals surface area (Å²) in [5, 5.41) is 10.0. The Bertz CT molecular complexity index is 515. The summed E-state index contributed by atoms with van der Waals surface area (Å²) in [5.41, 5.74) is 2.07. The van der Waals surface area contributed by atoms with Gasteiger partial charge in [-0.3, -0.25) is 0 Å². The fraction of sp³-hybridized carbons (Fsp3) is 0.462. The number of aromatic hydroxyl groups is 1. The molecule has 1 aromatic rings. The molecule has 0 atom stereocenters. The Hall–Kier alpha value is -1.12. The largest absolute Gasteiger partial charge is 0.507 e. The summed E-state index contributed by atoms with van der Waals surface area (Å²) in [5.74, 6) is 0.288. The monoisotopic (exact) mass is 295 g/mol. The number of aliphatic imine (C=N–C) groups is 1. The van der Waals surface area contributed by atoms with Crippen LogP contribution in [0, 0.1) is 13.8 Å². The molecular weight excluding hydrogens is 282 g/mol. The van der Waals surface area contributed by atoms with Gasteiger partial charge in [0.05, 0.1) is 5.54 Å². The van der Waals surface area contributed by atoms with Crippen molar-refractivity contribution in [2.24, 2.45) is 4.99 Å². The molecule has 1 aliphatic carbocycles. The van der Waals surface area contributed by atoms with E-state index in [9.17, 15) is 9.90 Å². The van der Waals surface area contributed by atoms with Crippen LogP contribution in [0.5, 0.6) is 5.75 Å². The number of rotatable bonds is 2. The van der Waals surface area contributed by atoms with Gasteiger partial charge in [0.15, 0.2) is 0 Å². The fourth-order valence-corrected chi connectivity index (χ4v) is 3.52. The van der Waals surface area contributed by atoms with Gasteiger partial charge in [0.2, 0.25) is 6.08 Å². The van der Waals surface area contributed by atoms with Gasteiger partial charge in [-0.05, 0) is 50.3 Å². The van der Waals surface area contributed by atoms with E-state index in [1.807, 2.05) is 19.9 Å². The molecule has 0 amide bonds. The Balaban J connectivity index is 2.66. The number of benzene rings is 1. The highest BCUT2D eigenvalue weighted by molar-refractivity contribution is 9.10. The summed E-state index contributed by atoms with van der Waals surface area (Å²) in [6, 6.07) is 1.87. The van der Waals surface area contributed by atoms with Crippen LogP contribution in [0.1, 0.15) is 36.0 Å². The van der Waals surface area contributed by atoms with E-state index in [-0.39, 0.29) is 5.75 Å². The second-order valence-corrected chi connectivity index (χ2v) is 5.47. The van der Waals surface area contributed by atoms with Crippen molar-refractivity contribution in [3.05, 3.63) is 27.2 Å². The third kappa shape index (κ3) is 1.81. The van der Waals surface area contributed by atoms with Gasteiger partial charge in [0, 0.05) is 10.0 Å². The average Bonchev–Trinajstić information content (AvgIpc) is 2.22. The average molecular weight is 296 g/mol. The lowest BCUT2D eigenvalue weighted by Gasteiger charge is -2.39. The molecular formula is C13H14BrNO2. The zero-order chi connectivity index (χ0) is 12.6. The summed E-state index contributed by atoms with van der Waals surface area (Å²) in [6.07, 6.45) is 4.39. The van der Waals surface area contributed by atoms with Crippen LogP contribution in [-0.4, -0.2) is 11.2 Å². The van der Waals surface area contributed by atoms with Crippen molar-refractivity contribution in [3.8, 4) is 5.75 Å². The normalized spacial score (nSPS) is 17.1. The SMILES string of the molecule is Cc1cc(Br)c(C2(N=C=O)CCC2)c(C)c1O. The number of phenols is 1. The number of carbonyl (C=O) groups excluding carboxylic acids is 1.